The van der Waals surface area contributed by atoms with Crippen molar-refractivity contribution in [3.05, 3.63) is 64.7 Å². The molecule has 2 aromatic carbocycles. The molecule has 21 heavy (non-hydrogen) atoms. The fourth-order valence-electron chi connectivity index (χ4n) is 1.95. The smallest absolute Gasteiger partial charge is 0.399 e. The van der Waals surface area contributed by atoms with Crippen molar-refractivity contribution < 1.29 is 18.0 Å². The van der Waals surface area contributed by atoms with E-state index >= 15 is 0 Å². The van der Waals surface area contributed by atoms with E-state index in [1.807, 2.05) is 0 Å². The number of hydrogen-bond donors (Lipinski definition) is 1. The molecule has 0 aromatic heterocycles. The lowest BCUT2D eigenvalue weighted by Gasteiger charge is -2.08. The molecule has 0 atom stereocenters. The number of Topliss-reactive ketones (excluding diaryl/α,β-unsaturated/α-hetero) is 1. The molecule has 0 aliphatic heterocycles. The molecule has 0 aliphatic rings. The average Bonchev–Trinajstić information content (AvgIpc) is 2.41. The molecule has 0 amide bonds. The summed E-state index contributed by atoms with van der Waals surface area (Å²) in [4.78, 5) is 12.1. The molecule has 0 fully saturated rings. The number of benzene rings is 2. The quantitative estimate of drug-likeness (QED) is 0.686. The van der Waals surface area contributed by atoms with Gasteiger partial charge in [-0.3, -0.25) is 4.79 Å². The summed E-state index contributed by atoms with van der Waals surface area (Å²) in [5.41, 5.74) is 7.40. The van der Waals surface area contributed by atoms with Crippen molar-refractivity contribution in [2.24, 2.45) is 0 Å². The SMILES string of the molecule is Cc1cc(C(=O)Cc2ccc(C(F)(F)F)cc2)ccc1N. The number of aryl methyl sites for hydroxylation is 1. The molecule has 0 spiro atoms. The average molecular weight is 293 g/mol. The van der Waals surface area contributed by atoms with Gasteiger partial charge in [0.2, 0.25) is 0 Å². The largest absolute Gasteiger partial charge is 0.416 e. The molecule has 2 nitrogen and oxygen atoms in total. The van der Waals surface area contributed by atoms with Crippen LogP contribution in [0.4, 0.5) is 18.9 Å². The monoisotopic (exact) mass is 293 g/mol. The molecule has 2 rings (SSSR count). The summed E-state index contributed by atoms with van der Waals surface area (Å²) in [6, 6.07) is 9.56. The van der Waals surface area contributed by atoms with Crippen molar-refractivity contribution in [1.29, 1.82) is 0 Å². The van der Waals surface area contributed by atoms with E-state index in [2.05, 4.69) is 0 Å². The second kappa shape index (κ2) is 5.60. The number of carbonyl (C=O) groups excluding carboxylic acids is 1. The van der Waals surface area contributed by atoms with Gasteiger partial charge in [-0.05, 0) is 48.4 Å². The number of ketones is 1. The standard InChI is InChI=1S/C16H14F3NO/c1-10-8-12(4-7-14(10)20)15(21)9-11-2-5-13(6-3-11)16(17,18)19/h2-8H,9,20H2,1H3. The van der Waals surface area contributed by atoms with Crippen molar-refractivity contribution >= 4 is 11.5 Å². The lowest BCUT2D eigenvalue weighted by atomic mass is 10.00. The van der Waals surface area contributed by atoms with Gasteiger partial charge in [-0.15, -0.1) is 0 Å². The fourth-order valence-corrected chi connectivity index (χ4v) is 1.95. The van der Waals surface area contributed by atoms with E-state index in [1.165, 1.54) is 12.1 Å². The Morgan fingerprint density at radius 1 is 1.10 bits per heavy atom. The predicted molar refractivity (Wildman–Crippen MR) is 75.1 cm³/mol. The zero-order valence-electron chi connectivity index (χ0n) is 11.4. The van der Waals surface area contributed by atoms with E-state index in [-0.39, 0.29) is 12.2 Å². The second-order valence-electron chi connectivity index (χ2n) is 4.87. The number of halogens is 3. The van der Waals surface area contributed by atoms with Crippen LogP contribution in [0.1, 0.15) is 27.0 Å². The topological polar surface area (TPSA) is 43.1 Å². The van der Waals surface area contributed by atoms with Gasteiger partial charge >= 0.3 is 6.18 Å². The lowest BCUT2D eigenvalue weighted by molar-refractivity contribution is -0.137. The molecule has 0 saturated carbocycles. The Hall–Kier alpha value is -2.30. The van der Waals surface area contributed by atoms with Gasteiger partial charge in [-0.25, -0.2) is 0 Å². The number of rotatable bonds is 3. The highest BCUT2D eigenvalue weighted by molar-refractivity contribution is 5.98. The Kier molecular flexibility index (Phi) is 4.02. The summed E-state index contributed by atoms with van der Waals surface area (Å²) in [5.74, 6) is -0.155. The van der Waals surface area contributed by atoms with Gasteiger partial charge in [0.05, 0.1) is 5.56 Å². The van der Waals surface area contributed by atoms with Gasteiger partial charge in [0, 0.05) is 17.7 Å². The molecule has 0 unspecified atom stereocenters. The molecular weight excluding hydrogens is 279 g/mol. The summed E-state index contributed by atoms with van der Waals surface area (Å²) >= 11 is 0. The first-order valence-corrected chi connectivity index (χ1v) is 6.33. The molecule has 110 valence electrons. The number of carbonyl (C=O) groups is 1. The third kappa shape index (κ3) is 3.62. The maximum Gasteiger partial charge on any atom is 0.416 e. The number of anilines is 1. The minimum atomic E-state index is -4.36. The first-order chi connectivity index (χ1) is 9.77. The van der Waals surface area contributed by atoms with Crippen LogP contribution in [0, 0.1) is 6.92 Å². The van der Waals surface area contributed by atoms with Gasteiger partial charge in [-0.1, -0.05) is 12.1 Å². The van der Waals surface area contributed by atoms with Crippen molar-refractivity contribution in [2.45, 2.75) is 19.5 Å². The van der Waals surface area contributed by atoms with Gasteiger partial charge in [0.25, 0.3) is 0 Å². The number of alkyl halides is 3. The number of hydrogen-bond acceptors (Lipinski definition) is 2. The Balaban J connectivity index is 2.14. The first-order valence-electron chi connectivity index (χ1n) is 6.33. The van der Waals surface area contributed by atoms with Crippen LogP contribution in [0.5, 0.6) is 0 Å². The summed E-state index contributed by atoms with van der Waals surface area (Å²) in [5, 5.41) is 0. The van der Waals surface area contributed by atoms with Gasteiger partial charge in [0.15, 0.2) is 5.78 Å². The van der Waals surface area contributed by atoms with Crippen LogP contribution in [-0.2, 0) is 12.6 Å². The van der Waals surface area contributed by atoms with E-state index in [0.29, 0.717) is 16.8 Å². The third-order valence-corrected chi connectivity index (χ3v) is 3.24. The van der Waals surface area contributed by atoms with Crippen LogP contribution in [0.2, 0.25) is 0 Å². The van der Waals surface area contributed by atoms with Crippen molar-refractivity contribution in [3.63, 3.8) is 0 Å². The number of nitrogen functional groups attached to an aromatic ring is 1. The van der Waals surface area contributed by atoms with Crippen molar-refractivity contribution in [2.75, 3.05) is 5.73 Å². The van der Waals surface area contributed by atoms with Crippen LogP contribution in [0.3, 0.4) is 0 Å². The minimum absolute atomic E-state index is 0.0570. The molecule has 0 heterocycles. The highest BCUT2D eigenvalue weighted by atomic mass is 19.4. The van der Waals surface area contributed by atoms with E-state index in [1.54, 1.807) is 25.1 Å². The maximum absolute atomic E-state index is 12.5. The van der Waals surface area contributed by atoms with Crippen LogP contribution in [0.15, 0.2) is 42.5 Å². The second-order valence-corrected chi connectivity index (χ2v) is 4.87. The molecule has 2 N–H and O–H groups in total. The summed E-state index contributed by atoms with van der Waals surface area (Å²) in [6.07, 6.45) is -4.31. The highest BCUT2D eigenvalue weighted by Gasteiger charge is 2.29. The van der Waals surface area contributed by atoms with Crippen LogP contribution >= 0.6 is 0 Å². The zero-order chi connectivity index (χ0) is 15.6. The van der Waals surface area contributed by atoms with E-state index < -0.39 is 11.7 Å². The minimum Gasteiger partial charge on any atom is -0.399 e. The van der Waals surface area contributed by atoms with E-state index in [9.17, 15) is 18.0 Å². The van der Waals surface area contributed by atoms with Gasteiger partial charge in [-0.2, -0.15) is 13.2 Å². The van der Waals surface area contributed by atoms with Crippen LogP contribution in [-0.4, -0.2) is 5.78 Å². The van der Waals surface area contributed by atoms with Crippen molar-refractivity contribution in [3.8, 4) is 0 Å². The maximum atomic E-state index is 12.5. The first kappa shape index (κ1) is 15.1. The molecule has 0 saturated heterocycles. The Bertz CT molecular complexity index is 660. The molecular formula is C16H14F3NO. The molecule has 0 radical (unpaired) electrons. The normalized spacial score (nSPS) is 11.4. The third-order valence-electron chi connectivity index (χ3n) is 3.24. The van der Waals surface area contributed by atoms with E-state index in [4.69, 9.17) is 5.73 Å². The zero-order valence-corrected chi connectivity index (χ0v) is 11.4. The highest BCUT2D eigenvalue weighted by Crippen LogP contribution is 2.29. The molecule has 0 aliphatic carbocycles. The van der Waals surface area contributed by atoms with Gasteiger partial charge < -0.3 is 5.73 Å². The summed E-state index contributed by atoms with van der Waals surface area (Å²) in [6.45, 7) is 1.80. The predicted octanol–water partition coefficient (Wildman–Crippen LogP) is 4.02. The Morgan fingerprint density at radius 2 is 1.71 bits per heavy atom. The number of nitrogens with two attached hydrogens (primary N) is 1. The van der Waals surface area contributed by atoms with E-state index in [0.717, 1.165) is 17.7 Å². The lowest BCUT2D eigenvalue weighted by Crippen LogP contribution is -2.07. The molecule has 5 heteroatoms. The molecule has 0 bridgehead atoms. The Labute approximate surface area is 120 Å². The van der Waals surface area contributed by atoms with Gasteiger partial charge in [0.1, 0.15) is 0 Å². The summed E-state index contributed by atoms with van der Waals surface area (Å²) in [7, 11) is 0. The molecule has 2 aromatic rings. The Morgan fingerprint density at radius 3 is 2.24 bits per heavy atom. The van der Waals surface area contributed by atoms with Crippen LogP contribution < -0.4 is 5.73 Å². The van der Waals surface area contributed by atoms with Crippen LogP contribution in [0.25, 0.3) is 0 Å². The fraction of sp³-hybridized carbons (Fsp3) is 0.188. The van der Waals surface area contributed by atoms with Crippen molar-refractivity contribution in [1.82, 2.24) is 0 Å². The summed E-state index contributed by atoms with van der Waals surface area (Å²) < 4.78 is 37.4.